The van der Waals surface area contributed by atoms with Crippen LogP contribution in [0.25, 0.3) is 5.95 Å². The topological polar surface area (TPSA) is 149 Å². The molecule has 11 nitrogen and oxygen atoms in total. The minimum absolute atomic E-state index is 0.0101. The highest BCUT2D eigenvalue weighted by Crippen LogP contribution is 2.35. The Hall–Kier alpha value is -4.23. The number of hydrogen-bond donors (Lipinski definition) is 3. The predicted octanol–water partition coefficient (Wildman–Crippen LogP) is 0.377. The van der Waals surface area contributed by atoms with Crippen molar-refractivity contribution in [3.05, 3.63) is 63.9 Å². The van der Waals surface area contributed by atoms with Gasteiger partial charge in [0.05, 0.1) is 0 Å². The second-order valence-corrected chi connectivity index (χ2v) is 7.03. The summed E-state index contributed by atoms with van der Waals surface area (Å²) in [5.74, 6) is -11.0. The van der Waals surface area contributed by atoms with E-state index in [2.05, 4.69) is 15.2 Å². The lowest BCUT2D eigenvalue weighted by atomic mass is 9.82. The van der Waals surface area contributed by atoms with E-state index >= 15 is 0 Å². The zero-order valence-corrected chi connectivity index (χ0v) is 16.4. The van der Waals surface area contributed by atoms with Crippen LogP contribution >= 0.6 is 0 Å². The molecule has 14 heteroatoms. The third-order valence-electron chi connectivity index (χ3n) is 5.23. The van der Waals surface area contributed by atoms with Crippen molar-refractivity contribution in [3.63, 3.8) is 0 Å². The van der Waals surface area contributed by atoms with Crippen molar-refractivity contribution in [2.24, 2.45) is 5.92 Å². The largest absolute Gasteiger partial charge is 0.711 e. The van der Waals surface area contributed by atoms with E-state index in [9.17, 15) is 32.8 Å². The molecule has 2 aromatic heterocycles. The van der Waals surface area contributed by atoms with E-state index in [4.69, 9.17) is 0 Å². The Balaban J connectivity index is 2.05. The fourth-order valence-electron chi connectivity index (χ4n) is 3.66. The first-order chi connectivity index (χ1) is 15.1. The average Bonchev–Trinajstić information content (AvgIpc) is 3.31. The summed E-state index contributed by atoms with van der Waals surface area (Å²) in [6, 6.07) is 0.0460. The van der Waals surface area contributed by atoms with E-state index < -0.39 is 52.7 Å². The van der Waals surface area contributed by atoms with Gasteiger partial charge in [-0.25, -0.2) is 27.8 Å². The third kappa shape index (κ3) is 3.16. The van der Waals surface area contributed by atoms with Crippen LogP contribution < -0.4 is 15.4 Å². The van der Waals surface area contributed by atoms with Crippen LogP contribution in [0.2, 0.25) is 0 Å². The van der Waals surface area contributed by atoms with E-state index in [0.29, 0.717) is 22.6 Å². The Kier molecular flexibility index (Phi) is 4.91. The van der Waals surface area contributed by atoms with Crippen LogP contribution in [0.3, 0.4) is 0 Å². The first kappa shape index (κ1) is 21.0. The van der Waals surface area contributed by atoms with Gasteiger partial charge in [0.15, 0.2) is 23.1 Å². The number of carbonyl (C=O) groups is 3. The van der Waals surface area contributed by atoms with Crippen LogP contribution in [0.5, 0.6) is 0 Å². The quantitative estimate of drug-likeness (QED) is 0.227. The number of hydrogen-bond acceptors (Lipinski definition) is 6. The van der Waals surface area contributed by atoms with Gasteiger partial charge in [0.1, 0.15) is 23.9 Å². The molecule has 1 aromatic carbocycles. The van der Waals surface area contributed by atoms with Crippen molar-refractivity contribution >= 4 is 17.8 Å². The lowest BCUT2D eigenvalue weighted by molar-refractivity contribution is -0.621. The number of H-pyrrole nitrogens is 1. The number of aromatic nitrogens is 5. The van der Waals surface area contributed by atoms with Gasteiger partial charge in [0.25, 0.3) is 5.82 Å². The van der Waals surface area contributed by atoms with Crippen LogP contribution in [-0.4, -0.2) is 37.6 Å². The minimum atomic E-state index is -1.81. The lowest BCUT2D eigenvalue weighted by Gasteiger charge is -2.27. The summed E-state index contributed by atoms with van der Waals surface area (Å²) in [6.07, 6.45) is 1.13. The van der Waals surface area contributed by atoms with Gasteiger partial charge in [-0.05, 0) is 17.7 Å². The molecule has 4 amide bonds. The van der Waals surface area contributed by atoms with Crippen LogP contribution in [0.15, 0.2) is 18.5 Å². The normalized spacial score (nSPS) is 15.6. The van der Waals surface area contributed by atoms with E-state index in [1.54, 1.807) is 0 Å². The number of benzene rings is 1. The number of barbiturate groups is 1. The van der Waals surface area contributed by atoms with Crippen molar-refractivity contribution in [1.29, 1.82) is 0 Å². The Morgan fingerprint density at radius 1 is 1.09 bits per heavy atom. The van der Waals surface area contributed by atoms with Crippen LogP contribution in [0.4, 0.5) is 18.0 Å². The number of halogens is 3. The summed E-state index contributed by atoms with van der Waals surface area (Å²) >= 11 is 0. The number of nitrogens with zero attached hydrogens (tertiary/aromatic N) is 4. The molecule has 0 radical (unpaired) electrons. The third-order valence-corrected chi connectivity index (χ3v) is 5.23. The van der Waals surface area contributed by atoms with Crippen LogP contribution in [-0.2, 0) is 9.59 Å². The number of urea groups is 1. The molecule has 3 aromatic rings. The maximum atomic E-state index is 14.1. The fourth-order valence-corrected chi connectivity index (χ4v) is 3.66. The maximum absolute atomic E-state index is 14.1. The number of imide groups is 2. The van der Waals surface area contributed by atoms with Gasteiger partial charge in [0, 0.05) is 13.8 Å². The number of rotatable bonds is 4. The number of aromatic amines is 1. The first-order valence-electron chi connectivity index (χ1n) is 9.09. The molecule has 3 heterocycles. The van der Waals surface area contributed by atoms with Crippen LogP contribution in [0, 0.1) is 42.4 Å². The summed E-state index contributed by atoms with van der Waals surface area (Å²) in [5, 5.41) is 23.1. The molecule has 0 unspecified atom stereocenters. The first-order valence-corrected chi connectivity index (χ1v) is 9.09. The van der Waals surface area contributed by atoms with E-state index in [0.717, 1.165) is 6.33 Å². The summed E-state index contributed by atoms with van der Waals surface area (Å²) < 4.78 is 43.4. The smallest absolute Gasteiger partial charge is 0.328 e. The van der Waals surface area contributed by atoms with Crippen molar-refractivity contribution in [1.82, 2.24) is 30.4 Å². The van der Waals surface area contributed by atoms with Crippen molar-refractivity contribution in [2.45, 2.75) is 19.8 Å². The van der Waals surface area contributed by atoms with Crippen LogP contribution in [0.1, 0.15) is 28.7 Å². The SMILES string of the molecule is Cc1c(C)[n+]([O-])c([C@H](c2cc(F)c(F)c(F)c2)C2C(=O)NC(=O)NC2=O)n1-c1ncn[nH]1. The molecule has 1 saturated heterocycles. The molecular weight excluding hydrogens is 435 g/mol. The molecule has 1 fully saturated rings. The standard InChI is InChI=1S/C18H14F3N7O4/c1-6-7(2)28(32)16(27(6)17-22-5-23-26-17)11(8-3-9(19)13(21)10(20)4-8)12-14(29)24-18(31)25-15(12)30/h3-5,11-12H,1-2H3,(H,22,23,26)(H2,24,25,29,30,31)/t11-/m1/s1. The minimum Gasteiger partial charge on any atom is -0.711 e. The van der Waals surface area contributed by atoms with Gasteiger partial charge in [-0.3, -0.25) is 20.2 Å². The molecule has 1 atom stereocenters. The average molecular weight is 449 g/mol. The van der Waals surface area contributed by atoms with E-state index in [1.807, 2.05) is 10.6 Å². The molecule has 1 aliphatic heterocycles. The Labute approximate surface area is 176 Å². The number of amides is 4. The molecular formula is C18H14F3N7O4. The van der Waals surface area contributed by atoms with Crippen molar-refractivity contribution < 1.29 is 32.3 Å². The lowest BCUT2D eigenvalue weighted by Crippen LogP contribution is -2.58. The molecule has 0 bridgehead atoms. The monoisotopic (exact) mass is 449 g/mol. The van der Waals surface area contributed by atoms with Gasteiger partial charge < -0.3 is 5.21 Å². The van der Waals surface area contributed by atoms with Crippen molar-refractivity contribution in [2.75, 3.05) is 0 Å². The van der Waals surface area contributed by atoms with E-state index in [1.165, 1.54) is 18.4 Å². The molecule has 166 valence electrons. The molecule has 4 rings (SSSR count). The zero-order chi connectivity index (χ0) is 23.3. The second-order valence-electron chi connectivity index (χ2n) is 7.03. The molecule has 32 heavy (non-hydrogen) atoms. The number of carbonyl (C=O) groups excluding carboxylic acids is 3. The van der Waals surface area contributed by atoms with Crippen molar-refractivity contribution in [3.8, 4) is 5.95 Å². The van der Waals surface area contributed by atoms with Gasteiger partial charge in [-0.1, -0.05) is 0 Å². The summed E-state index contributed by atoms with van der Waals surface area (Å²) in [4.78, 5) is 40.8. The Morgan fingerprint density at radius 3 is 2.22 bits per heavy atom. The second kappa shape index (κ2) is 7.47. The number of nitrogens with one attached hydrogen (secondary N) is 3. The predicted molar refractivity (Wildman–Crippen MR) is 97.5 cm³/mol. The van der Waals surface area contributed by atoms with Gasteiger partial charge in [-0.2, -0.15) is 14.6 Å². The maximum Gasteiger partial charge on any atom is 0.328 e. The molecule has 0 saturated carbocycles. The summed E-state index contributed by atoms with van der Waals surface area (Å²) in [5.41, 5.74) is 0.0404. The molecule has 3 N–H and O–H groups in total. The Morgan fingerprint density at radius 2 is 1.69 bits per heavy atom. The fraction of sp³-hybridized carbons (Fsp3) is 0.222. The van der Waals surface area contributed by atoms with Gasteiger partial charge in [0.2, 0.25) is 11.8 Å². The number of imidazole rings is 1. The highest BCUT2D eigenvalue weighted by Gasteiger charge is 2.48. The van der Waals surface area contributed by atoms with Gasteiger partial charge in [-0.15, -0.1) is 0 Å². The summed E-state index contributed by atoms with van der Waals surface area (Å²) in [6.45, 7) is 2.97. The zero-order valence-electron chi connectivity index (χ0n) is 16.4. The molecule has 1 aliphatic rings. The molecule has 0 aliphatic carbocycles. The highest BCUT2D eigenvalue weighted by atomic mass is 19.2. The highest BCUT2D eigenvalue weighted by molar-refractivity contribution is 6.16. The molecule has 0 spiro atoms. The Bertz CT molecular complexity index is 1230. The van der Waals surface area contributed by atoms with Gasteiger partial charge >= 0.3 is 12.0 Å². The van der Waals surface area contributed by atoms with E-state index in [-0.39, 0.29) is 17.5 Å². The summed E-state index contributed by atoms with van der Waals surface area (Å²) in [7, 11) is 0.